The zero-order valence-corrected chi connectivity index (χ0v) is 19.2. The summed E-state index contributed by atoms with van der Waals surface area (Å²) in [5.41, 5.74) is 2.93. The number of nitrogens with one attached hydrogen (secondary N) is 1. The number of amides is 1. The Morgan fingerprint density at radius 3 is 2.83 bits per heavy atom. The smallest absolute Gasteiger partial charge is 0.407 e. The van der Waals surface area contributed by atoms with Gasteiger partial charge >= 0.3 is 6.09 Å². The molecule has 0 atom stereocenters. The molecular formula is C26H23N5O5. The van der Waals surface area contributed by atoms with E-state index >= 15 is 0 Å². The zero-order valence-electron chi connectivity index (χ0n) is 19.2. The van der Waals surface area contributed by atoms with E-state index in [2.05, 4.69) is 32.1 Å². The molecule has 2 aromatic heterocycles. The van der Waals surface area contributed by atoms with Crippen LogP contribution in [-0.2, 0) is 0 Å². The number of carboxylic acid groups (broad SMARTS) is 1. The number of nitrogens with zero attached hydrogens (tertiary/aromatic N) is 4. The van der Waals surface area contributed by atoms with Crippen molar-refractivity contribution in [3.8, 4) is 28.9 Å². The number of piperidine rings is 1. The van der Waals surface area contributed by atoms with E-state index in [1.54, 1.807) is 18.5 Å². The summed E-state index contributed by atoms with van der Waals surface area (Å²) >= 11 is 0. The van der Waals surface area contributed by atoms with Crippen LogP contribution in [0.5, 0.6) is 5.75 Å². The van der Waals surface area contributed by atoms with Crippen molar-refractivity contribution in [2.75, 3.05) is 25.0 Å². The number of carbonyl (C=O) groups is 1. The number of aromatic nitrogens is 3. The van der Waals surface area contributed by atoms with E-state index in [0.29, 0.717) is 54.5 Å². The number of anilines is 2. The first-order chi connectivity index (χ1) is 17.6. The molecule has 36 heavy (non-hydrogen) atoms. The van der Waals surface area contributed by atoms with Gasteiger partial charge in [0.25, 0.3) is 0 Å². The molecule has 3 heterocycles. The Morgan fingerprint density at radius 1 is 1.22 bits per heavy atom. The third kappa shape index (κ3) is 5.21. The van der Waals surface area contributed by atoms with Crippen LogP contribution in [0.4, 0.5) is 16.4 Å². The summed E-state index contributed by atoms with van der Waals surface area (Å²) in [6.07, 6.45) is 4.82. The van der Waals surface area contributed by atoms with Gasteiger partial charge in [0.15, 0.2) is 12.2 Å². The van der Waals surface area contributed by atoms with Crippen molar-refractivity contribution < 1.29 is 24.2 Å². The molecule has 0 unspecified atom stereocenters. The largest absolute Gasteiger partial charge is 0.489 e. The number of fused-ring (bicyclic) bond motifs is 1. The quantitative estimate of drug-likeness (QED) is 0.360. The Kier molecular flexibility index (Phi) is 6.64. The lowest BCUT2D eigenvalue weighted by molar-refractivity contribution is 0.0894. The van der Waals surface area contributed by atoms with Crippen LogP contribution < -0.4 is 10.1 Å². The van der Waals surface area contributed by atoms with Crippen molar-refractivity contribution in [3.63, 3.8) is 0 Å². The number of hydrogen-bond donors (Lipinski definition) is 3. The standard InChI is InChI=1S/C26H23N5O5/c32-10-2-4-17-11-19-14-28-25(29-20-5-1-3-18(12-20)24-15-27-16-35-24)30-22(19)13-23(17)36-21-6-8-31(9-7-21)26(33)34/h1,3,5,11-16,21,32H,6-10H2,(H,33,34)(H,28,29,30). The fourth-order valence-corrected chi connectivity index (χ4v) is 4.03. The van der Waals surface area contributed by atoms with E-state index in [4.69, 9.17) is 9.15 Å². The maximum atomic E-state index is 11.2. The van der Waals surface area contributed by atoms with E-state index in [0.717, 1.165) is 16.6 Å². The highest BCUT2D eigenvalue weighted by Gasteiger charge is 2.24. The van der Waals surface area contributed by atoms with Crippen molar-refractivity contribution in [3.05, 3.63) is 60.7 Å². The van der Waals surface area contributed by atoms with E-state index in [1.807, 2.05) is 30.3 Å². The number of likely N-dealkylation sites (tertiary alicyclic amines) is 1. The Labute approximate surface area is 206 Å². The molecule has 10 heteroatoms. The monoisotopic (exact) mass is 485 g/mol. The second kappa shape index (κ2) is 10.3. The van der Waals surface area contributed by atoms with Crippen LogP contribution in [0.25, 0.3) is 22.2 Å². The third-order valence-corrected chi connectivity index (χ3v) is 5.82. The summed E-state index contributed by atoms with van der Waals surface area (Å²) < 4.78 is 11.6. The molecule has 10 nitrogen and oxygen atoms in total. The predicted octanol–water partition coefficient (Wildman–Crippen LogP) is 3.89. The molecule has 4 aromatic rings. The summed E-state index contributed by atoms with van der Waals surface area (Å²) in [4.78, 5) is 25.6. The first kappa shape index (κ1) is 23.1. The molecule has 0 aliphatic carbocycles. The van der Waals surface area contributed by atoms with Gasteiger partial charge in [0.1, 0.15) is 18.5 Å². The molecule has 1 fully saturated rings. The Bertz CT molecular complexity index is 1440. The number of hydrogen-bond acceptors (Lipinski definition) is 8. The minimum Gasteiger partial charge on any atom is -0.489 e. The molecule has 0 bridgehead atoms. The van der Waals surface area contributed by atoms with E-state index in [-0.39, 0.29) is 12.7 Å². The molecule has 1 amide bonds. The van der Waals surface area contributed by atoms with Crippen LogP contribution in [0, 0.1) is 11.8 Å². The van der Waals surface area contributed by atoms with Gasteiger partial charge in [0, 0.05) is 54.8 Å². The van der Waals surface area contributed by atoms with Crippen molar-refractivity contribution in [1.82, 2.24) is 19.9 Å². The lowest BCUT2D eigenvalue weighted by atomic mass is 10.1. The van der Waals surface area contributed by atoms with Gasteiger partial charge in [-0.1, -0.05) is 24.0 Å². The Balaban J connectivity index is 1.40. The normalized spacial score (nSPS) is 13.8. The highest BCUT2D eigenvalue weighted by atomic mass is 16.5. The van der Waals surface area contributed by atoms with Crippen LogP contribution in [0.1, 0.15) is 18.4 Å². The second-order valence-corrected chi connectivity index (χ2v) is 8.22. The molecule has 1 aliphatic heterocycles. The number of ether oxygens (including phenoxy) is 1. The molecule has 0 spiro atoms. The number of aliphatic hydroxyl groups excluding tert-OH is 1. The first-order valence-corrected chi connectivity index (χ1v) is 11.4. The van der Waals surface area contributed by atoms with Crippen LogP contribution >= 0.6 is 0 Å². The number of oxazole rings is 1. The summed E-state index contributed by atoms with van der Waals surface area (Å²) in [5, 5.41) is 22.3. The van der Waals surface area contributed by atoms with Gasteiger partial charge in [-0.3, -0.25) is 0 Å². The van der Waals surface area contributed by atoms with Gasteiger partial charge in [0.2, 0.25) is 5.95 Å². The van der Waals surface area contributed by atoms with Crippen molar-refractivity contribution >= 4 is 28.6 Å². The fraction of sp³-hybridized carbons (Fsp3) is 0.231. The molecule has 1 saturated heterocycles. The third-order valence-electron chi connectivity index (χ3n) is 5.82. The van der Waals surface area contributed by atoms with Gasteiger partial charge in [-0.15, -0.1) is 0 Å². The maximum absolute atomic E-state index is 11.2. The van der Waals surface area contributed by atoms with Crippen molar-refractivity contribution in [2.45, 2.75) is 18.9 Å². The summed E-state index contributed by atoms with van der Waals surface area (Å²) in [5.74, 6) is 7.20. The van der Waals surface area contributed by atoms with Gasteiger partial charge in [-0.05, 0) is 18.2 Å². The molecule has 5 rings (SSSR count). The Morgan fingerprint density at radius 2 is 2.08 bits per heavy atom. The maximum Gasteiger partial charge on any atom is 0.407 e. The summed E-state index contributed by atoms with van der Waals surface area (Å²) in [6.45, 7) is 0.546. The average molecular weight is 486 g/mol. The fourth-order valence-electron chi connectivity index (χ4n) is 4.03. The second-order valence-electron chi connectivity index (χ2n) is 8.22. The molecule has 0 saturated carbocycles. The van der Waals surface area contributed by atoms with Crippen LogP contribution in [0.3, 0.4) is 0 Å². The molecule has 1 aliphatic rings. The Hall–Kier alpha value is -4.62. The lowest BCUT2D eigenvalue weighted by Gasteiger charge is -2.30. The molecule has 3 N–H and O–H groups in total. The predicted molar refractivity (Wildman–Crippen MR) is 132 cm³/mol. The number of rotatable bonds is 5. The van der Waals surface area contributed by atoms with Crippen molar-refractivity contribution in [2.24, 2.45) is 0 Å². The van der Waals surface area contributed by atoms with Gasteiger partial charge in [-0.25, -0.2) is 19.7 Å². The highest BCUT2D eigenvalue weighted by Crippen LogP contribution is 2.29. The SMILES string of the molecule is O=C(O)N1CCC(Oc2cc3nc(Nc4cccc(-c5cnco5)c4)ncc3cc2C#CCO)CC1. The molecule has 0 radical (unpaired) electrons. The van der Waals surface area contributed by atoms with E-state index in [9.17, 15) is 15.0 Å². The van der Waals surface area contributed by atoms with Gasteiger partial charge < -0.3 is 29.6 Å². The van der Waals surface area contributed by atoms with Gasteiger partial charge in [0.05, 0.1) is 17.3 Å². The van der Waals surface area contributed by atoms with Crippen LogP contribution in [0.15, 0.2) is 59.6 Å². The van der Waals surface area contributed by atoms with Gasteiger partial charge in [-0.2, -0.15) is 0 Å². The topological polar surface area (TPSA) is 134 Å². The summed E-state index contributed by atoms with van der Waals surface area (Å²) in [6, 6.07) is 11.3. The number of aliphatic hydroxyl groups is 1. The van der Waals surface area contributed by atoms with E-state index in [1.165, 1.54) is 11.3 Å². The van der Waals surface area contributed by atoms with E-state index < -0.39 is 6.09 Å². The zero-order chi connectivity index (χ0) is 24.9. The first-order valence-electron chi connectivity index (χ1n) is 11.4. The molecule has 182 valence electrons. The molecule has 2 aromatic carbocycles. The van der Waals surface area contributed by atoms with Crippen LogP contribution in [0.2, 0.25) is 0 Å². The van der Waals surface area contributed by atoms with Crippen molar-refractivity contribution in [1.29, 1.82) is 0 Å². The highest BCUT2D eigenvalue weighted by molar-refractivity contribution is 5.83. The summed E-state index contributed by atoms with van der Waals surface area (Å²) in [7, 11) is 0. The number of benzene rings is 2. The minimum absolute atomic E-state index is 0.147. The molecular weight excluding hydrogens is 462 g/mol. The lowest BCUT2D eigenvalue weighted by Crippen LogP contribution is -2.41. The average Bonchev–Trinajstić information content (AvgIpc) is 3.43. The van der Waals surface area contributed by atoms with Crippen LogP contribution in [-0.4, -0.2) is 62.0 Å². The minimum atomic E-state index is -0.920.